The van der Waals surface area contributed by atoms with Crippen LogP contribution in [0.15, 0.2) is 97.1 Å². The normalized spacial score (nSPS) is 13.9. The molecule has 3 atom stereocenters. The van der Waals surface area contributed by atoms with Crippen LogP contribution in [0.3, 0.4) is 0 Å². The number of ether oxygens (including phenoxy) is 1. The van der Waals surface area contributed by atoms with E-state index in [1.807, 2.05) is 78.9 Å². The van der Waals surface area contributed by atoms with Gasteiger partial charge < -0.3 is 9.84 Å². The van der Waals surface area contributed by atoms with Crippen LogP contribution in [0.4, 0.5) is 0 Å². The van der Waals surface area contributed by atoms with Gasteiger partial charge in [-0.2, -0.15) is 0 Å². The number of nitrogens with zero attached hydrogens (tertiary/aromatic N) is 1. The molecule has 0 radical (unpaired) electrons. The largest absolute Gasteiger partial charge is 0.481 e. The molecule has 0 unspecified atom stereocenters. The minimum Gasteiger partial charge on any atom is -0.481 e. The van der Waals surface area contributed by atoms with Crippen LogP contribution in [0.2, 0.25) is 0 Å². The van der Waals surface area contributed by atoms with Gasteiger partial charge in [0.15, 0.2) is 0 Å². The summed E-state index contributed by atoms with van der Waals surface area (Å²) < 4.78 is 5.17. The number of carbonyl (C=O) groups excluding carboxylic acids is 1. The van der Waals surface area contributed by atoms with E-state index in [2.05, 4.69) is 36.1 Å². The number of benzene rings is 3. The van der Waals surface area contributed by atoms with Crippen LogP contribution < -0.4 is 0 Å². The Balaban J connectivity index is 2.09. The lowest BCUT2D eigenvalue weighted by atomic mass is 9.89. The smallest absolute Gasteiger partial charge is 0.310 e. The van der Waals surface area contributed by atoms with Crippen LogP contribution in [0.5, 0.6) is 0 Å². The SMILES string of the molecule is COC(=O)[C@@H](CCC(=O)O)[C@@H](/C=C/c1ccccc1)N(Cc1ccccc1)[C@H](C)c1ccccc1. The van der Waals surface area contributed by atoms with E-state index in [9.17, 15) is 14.7 Å². The van der Waals surface area contributed by atoms with E-state index in [0.717, 1.165) is 16.7 Å². The minimum absolute atomic E-state index is 0.0428. The highest BCUT2D eigenvalue weighted by atomic mass is 16.5. The summed E-state index contributed by atoms with van der Waals surface area (Å²) in [6.45, 7) is 2.70. The van der Waals surface area contributed by atoms with Crippen LogP contribution in [-0.2, 0) is 20.9 Å². The van der Waals surface area contributed by atoms with Crippen molar-refractivity contribution in [2.75, 3.05) is 7.11 Å². The van der Waals surface area contributed by atoms with Crippen LogP contribution >= 0.6 is 0 Å². The third-order valence-corrected chi connectivity index (χ3v) is 6.24. The van der Waals surface area contributed by atoms with Gasteiger partial charge in [-0.25, -0.2) is 0 Å². The van der Waals surface area contributed by atoms with E-state index >= 15 is 0 Å². The average molecular weight is 472 g/mol. The molecular weight excluding hydrogens is 438 g/mol. The van der Waals surface area contributed by atoms with E-state index in [1.54, 1.807) is 0 Å². The molecule has 0 aliphatic rings. The van der Waals surface area contributed by atoms with Gasteiger partial charge in [-0.3, -0.25) is 14.5 Å². The van der Waals surface area contributed by atoms with Gasteiger partial charge in [-0.05, 0) is 30.0 Å². The predicted octanol–water partition coefficient (Wildman–Crippen LogP) is 5.99. The summed E-state index contributed by atoms with van der Waals surface area (Å²) in [6, 6.07) is 29.7. The molecule has 35 heavy (non-hydrogen) atoms. The zero-order chi connectivity index (χ0) is 25.0. The van der Waals surface area contributed by atoms with Crippen molar-refractivity contribution in [1.82, 2.24) is 4.90 Å². The number of hydrogen-bond acceptors (Lipinski definition) is 4. The van der Waals surface area contributed by atoms with E-state index in [0.29, 0.717) is 6.54 Å². The van der Waals surface area contributed by atoms with Crippen molar-refractivity contribution in [3.05, 3.63) is 114 Å². The number of aliphatic carboxylic acids is 1. The maximum Gasteiger partial charge on any atom is 0.310 e. The number of rotatable bonds is 12. The highest BCUT2D eigenvalue weighted by Crippen LogP contribution is 2.31. The summed E-state index contributed by atoms with van der Waals surface area (Å²) in [4.78, 5) is 26.7. The first-order chi connectivity index (χ1) is 17.0. The summed E-state index contributed by atoms with van der Waals surface area (Å²) in [7, 11) is 1.36. The Bertz CT molecular complexity index is 1080. The number of hydrogen-bond donors (Lipinski definition) is 1. The van der Waals surface area contributed by atoms with Gasteiger partial charge in [0.2, 0.25) is 0 Å². The third kappa shape index (κ3) is 7.66. The standard InChI is InChI=1S/C30H33NO4/c1-23(26-16-10-5-11-17-26)31(22-25-14-8-4-9-15-25)28(20-18-24-12-6-3-7-13-24)27(30(34)35-2)19-21-29(32)33/h3-18,20,23,27-28H,19,21-22H2,1-2H3,(H,32,33)/b20-18+/t23-,27+,28-/m1/s1. The van der Waals surface area contributed by atoms with Gasteiger partial charge in [0.25, 0.3) is 0 Å². The monoisotopic (exact) mass is 471 g/mol. The topological polar surface area (TPSA) is 66.8 Å². The first-order valence-electron chi connectivity index (χ1n) is 11.9. The molecule has 0 heterocycles. The summed E-state index contributed by atoms with van der Waals surface area (Å²) in [5, 5.41) is 9.38. The summed E-state index contributed by atoms with van der Waals surface area (Å²) >= 11 is 0. The molecule has 182 valence electrons. The lowest BCUT2D eigenvalue weighted by molar-refractivity contribution is -0.148. The van der Waals surface area contributed by atoms with E-state index in [1.165, 1.54) is 7.11 Å². The summed E-state index contributed by atoms with van der Waals surface area (Å²) in [5.74, 6) is -1.99. The zero-order valence-corrected chi connectivity index (χ0v) is 20.3. The van der Waals surface area contributed by atoms with Crippen LogP contribution in [-0.4, -0.2) is 35.1 Å². The molecular formula is C30H33NO4. The number of carbonyl (C=O) groups is 2. The molecule has 0 fully saturated rings. The molecule has 0 aliphatic carbocycles. The third-order valence-electron chi connectivity index (χ3n) is 6.24. The Labute approximate surface area is 207 Å². The average Bonchev–Trinajstić information content (AvgIpc) is 2.90. The Hall–Kier alpha value is -3.70. The maximum absolute atomic E-state index is 13.0. The number of carboxylic acids is 1. The molecule has 0 amide bonds. The second kappa shape index (κ2) is 13.3. The fraction of sp³-hybridized carbons (Fsp3) is 0.267. The van der Waals surface area contributed by atoms with Gasteiger partial charge >= 0.3 is 11.9 Å². The fourth-order valence-corrected chi connectivity index (χ4v) is 4.33. The molecule has 3 rings (SSSR count). The quantitative estimate of drug-likeness (QED) is 0.329. The van der Waals surface area contributed by atoms with Crippen molar-refractivity contribution in [1.29, 1.82) is 0 Å². The van der Waals surface area contributed by atoms with Gasteiger partial charge in [0.05, 0.1) is 13.0 Å². The minimum atomic E-state index is -0.935. The molecule has 0 bridgehead atoms. The number of esters is 1. The van der Waals surface area contributed by atoms with Crippen molar-refractivity contribution >= 4 is 18.0 Å². The molecule has 5 heteroatoms. The van der Waals surface area contributed by atoms with Gasteiger partial charge in [0, 0.05) is 25.0 Å². The van der Waals surface area contributed by atoms with E-state index in [-0.39, 0.29) is 18.9 Å². The molecule has 0 saturated heterocycles. The second-order valence-corrected chi connectivity index (χ2v) is 8.57. The lowest BCUT2D eigenvalue weighted by Crippen LogP contribution is -2.44. The van der Waals surface area contributed by atoms with Crippen LogP contribution in [0.1, 0.15) is 42.5 Å². The molecule has 0 spiro atoms. The molecule has 3 aromatic carbocycles. The first-order valence-corrected chi connectivity index (χ1v) is 11.9. The van der Waals surface area contributed by atoms with Crippen molar-refractivity contribution < 1.29 is 19.4 Å². The van der Waals surface area contributed by atoms with Crippen molar-refractivity contribution in [3.63, 3.8) is 0 Å². The highest BCUT2D eigenvalue weighted by molar-refractivity contribution is 5.75. The molecule has 0 aromatic heterocycles. The molecule has 5 nitrogen and oxygen atoms in total. The molecule has 0 aliphatic heterocycles. The maximum atomic E-state index is 13.0. The lowest BCUT2D eigenvalue weighted by Gasteiger charge is -2.38. The predicted molar refractivity (Wildman–Crippen MR) is 138 cm³/mol. The first kappa shape index (κ1) is 25.9. The van der Waals surface area contributed by atoms with Gasteiger partial charge in [-0.1, -0.05) is 103 Å². The molecule has 1 N–H and O–H groups in total. The van der Waals surface area contributed by atoms with Gasteiger partial charge in [-0.15, -0.1) is 0 Å². The Morgan fingerprint density at radius 3 is 2.06 bits per heavy atom. The van der Waals surface area contributed by atoms with Crippen molar-refractivity contribution in [2.24, 2.45) is 5.92 Å². The Morgan fingerprint density at radius 2 is 1.49 bits per heavy atom. The van der Waals surface area contributed by atoms with Crippen LogP contribution in [0.25, 0.3) is 6.08 Å². The second-order valence-electron chi connectivity index (χ2n) is 8.57. The highest BCUT2D eigenvalue weighted by Gasteiger charge is 2.35. The van der Waals surface area contributed by atoms with Crippen molar-refractivity contribution in [3.8, 4) is 0 Å². The molecule has 3 aromatic rings. The van der Waals surface area contributed by atoms with Gasteiger partial charge in [0.1, 0.15) is 0 Å². The van der Waals surface area contributed by atoms with Crippen LogP contribution in [0, 0.1) is 5.92 Å². The summed E-state index contributed by atoms with van der Waals surface area (Å²) in [5.41, 5.74) is 3.23. The summed E-state index contributed by atoms with van der Waals surface area (Å²) in [6.07, 6.45) is 4.07. The van der Waals surface area contributed by atoms with E-state index in [4.69, 9.17) is 4.74 Å². The number of methoxy groups -OCH3 is 1. The Morgan fingerprint density at radius 1 is 0.914 bits per heavy atom. The molecule has 0 saturated carbocycles. The van der Waals surface area contributed by atoms with E-state index < -0.39 is 23.9 Å². The number of carboxylic acid groups (broad SMARTS) is 1. The fourth-order valence-electron chi connectivity index (χ4n) is 4.33. The zero-order valence-electron chi connectivity index (χ0n) is 20.3. The van der Waals surface area contributed by atoms with Crippen molar-refractivity contribution in [2.45, 2.75) is 38.4 Å². The Kier molecular flexibility index (Phi) is 9.81.